The largest absolute Gasteiger partial charge is 0.317 e. The normalized spacial score (nSPS) is 10.8. The molecule has 0 atom stereocenters. The topological polar surface area (TPSA) is 42.0 Å². The predicted octanol–water partition coefficient (Wildman–Crippen LogP) is 4.37. The molecule has 19 heavy (non-hydrogen) atoms. The molecule has 0 aliphatic carbocycles. The molecule has 0 fully saturated rings. The van der Waals surface area contributed by atoms with E-state index in [0.29, 0.717) is 6.42 Å². The molecule has 0 bridgehead atoms. The minimum atomic E-state index is 0.0322. The molecule has 1 N–H and O–H groups in total. The van der Waals surface area contributed by atoms with Crippen LogP contribution in [0.15, 0.2) is 35.7 Å². The van der Waals surface area contributed by atoms with Gasteiger partial charge in [-0.3, -0.25) is 4.79 Å². The van der Waals surface area contributed by atoms with Gasteiger partial charge in [-0.25, -0.2) is 4.98 Å². The van der Waals surface area contributed by atoms with E-state index in [2.05, 4.69) is 16.4 Å². The second-order valence-corrected chi connectivity index (χ2v) is 6.00. The summed E-state index contributed by atoms with van der Waals surface area (Å²) in [6.07, 6.45) is 0.483. The lowest BCUT2D eigenvalue weighted by molar-refractivity contribution is -0.115. The number of thiophene rings is 1. The molecular weight excluding hydrogens is 276 g/mol. The van der Waals surface area contributed by atoms with Gasteiger partial charge in [0.15, 0.2) is 0 Å². The average molecular weight is 288 g/mol. The number of hydrogen-bond acceptors (Lipinski definition) is 4. The highest BCUT2D eigenvalue weighted by Crippen LogP contribution is 2.37. The summed E-state index contributed by atoms with van der Waals surface area (Å²) >= 11 is 3.18. The van der Waals surface area contributed by atoms with Gasteiger partial charge >= 0.3 is 0 Å². The van der Waals surface area contributed by atoms with E-state index in [9.17, 15) is 4.79 Å². The lowest BCUT2D eigenvalue weighted by Crippen LogP contribution is -2.08. The predicted molar refractivity (Wildman–Crippen MR) is 81.9 cm³/mol. The standard InChI is InChI=1S/C14H12N2OS2/c1-2-12(17)16-13-9(7-8-18-13)14-15-10-5-3-4-6-11(10)19-14/h3-8H,2H2,1H3,(H,16,17). The Balaban J connectivity index is 2.02. The second-order valence-electron chi connectivity index (χ2n) is 4.05. The number of para-hydroxylation sites is 1. The molecule has 3 rings (SSSR count). The number of anilines is 1. The van der Waals surface area contributed by atoms with Gasteiger partial charge < -0.3 is 5.32 Å². The van der Waals surface area contributed by atoms with Crippen molar-refractivity contribution in [3.63, 3.8) is 0 Å². The monoisotopic (exact) mass is 288 g/mol. The molecule has 0 aliphatic rings. The van der Waals surface area contributed by atoms with Crippen LogP contribution in [0.2, 0.25) is 0 Å². The van der Waals surface area contributed by atoms with Crippen LogP contribution in [0.25, 0.3) is 20.8 Å². The van der Waals surface area contributed by atoms with Gasteiger partial charge in [-0.05, 0) is 23.6 Å². The zero-order valence-corrected chi connectivity index (χ0v) is 12.0. The smallest absolute Gasteiger partial charge is 0.224 e. The fraction of sp³-hybridized carbons (Fsp3) is 0.143. The van der Waals surface area contributed by atoms with Crippen LogP contribution in [-0.4, -0.2) is 10.9 Å². The number of hydrogen-bond donors (Lipinski definition) is 1. The van der Waals surface area contributed by atoms with Crippen molar-refractivity contribution in [1.29, 1.82) is 0 Å². The number of aromatic nitrogens is 1. The zero-order chi connectivity index (χ0) is 13.2. The van der Waals surface area contributed by atoms with Gasteiger partial charge in [0, 0.05) is 12.0 Å². The van der Waals surface area contributed by atoms with Crippen LogP contribution < -0.4 is 5.32 Å². The third kappa shape index (κ3) is 2.39. The van der Waals surface area contributed by atoms with E-state index in [1.165, 1.54) is 11.3 Å². The fourth-order valence-electron chi connectivity index (χ4n) is 1.78. The lowest BCUT2D eigenvalue weighted by atomic mass is 10.3. The number of carbonyl (C=O) groups is 1. The SMILES string of the molecule is CCC(=O)Nc1sccc1-c1nc2ccccc2s1. The average Bonchev–Trinajstić information content (AvgIpc) is 3.03. The maximum atomic E-state index is 11.5. The van der Waals surface area contributed by atoms with Crippen LogP contribution in [-0.2, 0) is 4.79 Å². The highest BCUT2D eigenvalue weighted by atomic mass is 32.1. The van der Waals surface area contributed by atoms with Crippen LogP contribution in [0.1, 0.15) is 13.3 Å². The van der Waals surface area contributed by atoms with Gasteiger partial charge in [-0.15, -0.1) is 22.7 Å². The van der Waals surface area contributed by atoms with E-state index in [1.807, 2.05) is 36.6 Å². The molecule has 0 radical (unpaired) electrons. The van der Waals surface area contributed by atoms with Crippen molar-refractivity contribution in [2.75, 3.05) is 5.32 Å². The molecule has 0 spiro atoms. The number of benzene rings is 1. The Hall–Kier alpha value is -1.72. The molecule has 96 valence electrons. The van der Waals surface area contributed by atoms with Gasteiger partial charge in [0.05, 0.1) is 10.2 Å². The molecule has 1 aromatic carbocycles. The van der Waals surface area contributed by atoms with Gasteiger partial charge in [0.25, 0.3) is 0 Å². The minimum Gasteiger partial charge on any atom is -0.317 e. The number of nitrogens with zero attached hydrogens (tertiary/aromatic N) is 1. The molecule has 0 saturated heterocycles. The summed E-state index contributed by atoms with van der Waals surface area (Å²) in [5.74, 6) is 0.0322. The maximum Gasteiger partial charge on any atom is 0.224 e. The van der Waals surface area contributed by atoms with Crippen molar-refractivity contribution in [2.45, 2.75) is 13.3 Å². The molecule has 1 amide bonds. The van der Waals surface area contributed by atoms with Crippen LogP contribution in [0.5, 0.6) is 0 Å². The molecule has 0 aliphatic heterocycles. The number of fused-ring (bicyclic) bond motifs is 1. The Morgan fingerprint density at radius 2 is 2.16 bits per heavy atom. The summed E-state index contributed by atoms with van der Waals surface area (Å²) < 4.78 is 1.16. The van der Waals surface area contributed by atoms with Crippen molar-refractivity contribution in [3.05, 3.63) is 35.7 Å². The van der Waals surface area contributed by atoms with Gasteiger partial charge in [0.1, 0.15) is 10.0 Å². The molecule has 2 heterocycles. The Bertz CT molecular complexity index is 697. The van der Waals surface area contributed by atoms with E-state index in [4.69, 9.17) is 0 Å². The molecule has 0 saturated carbocycles. The summed E-state index contributed by atoms with van der Waals surface area (Å²) in [6.45, 7) is 1.85. The zero-order valence-electron chi connectivity index (χ0n) is 10.3. The number of amides is 1. The maximum absolute atomic E-state index is 11.5. The van der Waals surface area contributed by atoms with Crippen molar-refractivity contribution in [3.8, 4) is 10.6 Å². The molecule has 5 heteroatoms. The van der Waals surface area contributed by atoms with Crippen molar-refractivity contribution in [1.82, 2.24) is 4.98 Å². The quantitative estimate of drug-likeness (QED) is 0.777. The van der Waals surface area contributed by atoms with E-state index >= 15 is 0 Å². The first-order chi connectivity index (χ1) is 9.28. The van der Waals surface area contributed by atoms with E-state index in [0.717, 1.165) is 25.8 Å². The van der Waals surface area contributed by atoms with E-state index in [1.54, 1.807) is 11.3 Å². The molecule has 3 aromatic rings. The van der Waals surface area contributed by atoms with Crippen LogP contribution >= 0.6 is 22.7 Å². The number of thiazole rings is 1. The van der Waals surface area contributed by atoms with Gasteiger partial charge in [-0.2, -0.15) is 0 Å². The molecular formula is C14H12N2OS2. The van der Waals surface area contributed by atoms with Crippen LogP contribution in [0.3, 0.4) is 0 Å². The number of rotatable bonds is 3. The Morgan fingerprint density at radius 3 is 2.95 bits per heavy atom. The lowest BCUT2D eigenvalue weighted by Gasteiger charge is -2.02. The Labute approximate surface area is 118 Å². The number of carbonyl (C=O) groups excluding carboxylic acids is 1. The summed E-state index contributed by atoms with van der Waals surface area (Å²) in [6, 6.07) is 10.1. The Kier molecular flexibility index (Phi) is 3.31. The molecule has 3 nitrogen and oxygen atoms in total. The molecule has 2 aromatic heterocycles. The van der Waals surface area contributed by atoms with Crippen molar-refractivity contribution < 1.29 is 4.79 Å². The first kappa shape index (κ1) is 12.3. The highest BCUT2D eigenvalue weighted by molar-refractivity contribution is 7.22. The summed E-state index contributed by atoms with van der Waals surface area (Å²) in [7, 11) is 0. The summed E-state index contributed by atoms with van der Waals surface area (Å²) in [4.78, 5) is 16.1. The third-order valence-electron chi connectivity index (χ3n) is 2.76. The third-order valence-corrected chi connectivity index (χ3v) is 4.66. The van der Waals surface area contributed by atoms with Crippen molar-refractivity contribution >= 4 is 43.8 Å². The number of nitrogens with one attached hydrogen (secondary N) is 1. The summed E-state index contributed by atoms with van der Waals surface area (Å²) in [5, 5.41) is 6.74. The fourth-order valence-corrected chi connectivity index (χ4v) is 3.64. The van der Waals surface area contributed by atoms with E-state index < -0.39 is 0 Å². The second kappa shape index (κ2) is 5.11. The first-order valence-corrected chi connectivity index (χ1v) is 7.71. The highest BCUT2D eigenvalue weighted by Gasteiger charge is 2.13. The summed E-state index contributed by atoms with van der Waals surface area (Å²) in [5.41, 5.74) is 2.01. The van der Waals surface area contributed by atoms with Crippen molar-refractivity contribution in [2.24, 2.45) is 0 Å². The Morgan fingerprint density at radius 1 is 1.32 bits per heavy atom. The van der Waals surface area contributed by atoms with Crippen LogP contribution in [0, 0.1) is 0 Å². The minimum absolute atomic E-state index is 0.0322. The van der Waals surface area contributed by atoms with Crippen LogP contribution in [0.4, 0.5) is 5.00 Å². The van der Waals surface area contributed by atoms with Gasteiger partial charge in [0.2, 0.25) is 5.91 Å². The van der Waals surface area contributed by atoms with Gasteiger partial charge in [-0.1, -0.05) is 19.1 Å². The molecule has 0 unspecified atom stereocenters. The first-order valence-electron chi connectivity index (χ1n) is 6.01. The van der Waals surface area contributed by atoms with E-state index in [-0.39, 0.29) is 5.91 Å².